The summed E-state index contributed by atoms with van der Waals surface area (Å²) in [5.74, 6) is 1.27. The Kier molecular flexibility index (Phi) is 8.92. The van der Waals surface area contributed by atoms with Crippen molar-refractivity contribution in [3.8, 4) is 68.3 Å². The van der Waals surface area contributed by atoms with E-state index >= 15 is 0 Å². The van der Waals surface area contributed by atoms with Gasteiger partial charge in [0, 0.05) is 32.3 Å². The highest BCUT2D eigenvalue weighted by Gasteiger charge is 2.27. The highest BCUT2D eigenvalue weighted by Crippen LogP contribution is 2.45. The Morgan fingerprint density at radius 3 is 0.919 bits per heavy atom. The zero-order valence-electron chi connectivity index (χ0n) is 39.3. The van der Waals surface area contributed by atoms with Gasteiger partial charge < -0.3 is 8.83 Å². The van der Waals surface area contributed by atoms with Gasteiger partial charge in [0.05, 0.1) is 38.4 Å². The lowest BCUT2D eigenvalue weighted by Crippen LogP contribution is -1.97. The molecule has 9 aromatic carbocycles. The average molecular weight is 945 g/mol. The van der Waals surface area contributed by atoms with Crippen LogP contribution in [0.1, 0.15) is 11.1 Å². The third-order valence-corrected chi connectivity index (χ3v) is 14.7. The Bertz CT molecular complexity index is 4410. The van der Waals surface area contributed by atoms with Gasteiger partial charge in [0.15, 0.2) is 11.2 Å². The summed E-state index contributed by atoms with van der Waals surface area (Å²) in [5.41, 5.74) is 14.5. The van der Waals surface area contributed by atoms with Gasteiger partial charge in [0.25, 0.3) is 0 Å². The van der Waals surface area contributed by atoms with Crippen LogP contribution in [-0.2, 0) is 0 Å². The van der Waals surface area contributed by atoms with E-state index in [9.17, 15) is 10.5 Å². The molecule has 0 aliphatic carbocycles. The van der Waals surface area contributed by atoms with Crippen LogP contribution in [0, 0.1) is 22.7 Å². The van der Waals surface area contributed by atoms with E-state index in [2.05, 4.69) is 191 Å². The number of aromatic nitrogens is 4. The van der Waals surface area contributed by atoms with Gasteiger partial charge in [-0.25, -0.2) is 0 Å². The van der Waals surface area contributed by atoms with Crippen LogP contribution in [0.15, 0.2) is 227 Å². The second-order valence-corrected chi connectivity index (χ2v) is 18.7. The van der Waals surface area contributed by atoms with Gasteiger partial charge in [-0.2, -0.15) is 20.5 Å². The normalized spacial score (nSPS) is 11.8. The van der Waals surface area contributed by atoms with Crippen LogP contribution >= 0.6 is 0 Å². The lowest BCUT2D eigenvalue weighted by Gasteiger charge is -2.08. The minimum Gasteiger partial charge on any atom is -0.436 e. The van der Waals surface area contributed by atoms with Crippen LogP contribution in [0.2, 0.25) is 0 Å². The van der Waals surface area contributed by atoms with Crippen LogP contribution in [0.4, 0.5) is 0 Å². The third-order valence-electron chi connectivity index (χ3n) is 14.7. The Labute approximate surface area is 422 Å². The Morgan fingerprint density at radius 2 is 0.622 bits per heavy atom. The van der Waals surface area contributed by atoms with Crippen molar-refractivity contribution >= 4 is 87.7 Å². The molecule has 0 atom stereocenters. The van der Waals surface area contributed by atoms with Crippen molar-refractivity contribution in [2.45, 2.75) is 0 Å². The Morgan fingerprint density at radius 1 is 0.311 bits per heavy atom. The number of hydrogen-bond acceptors (Lipinski definition) is 6. The van der Waals surface area contributed by atoms with Crippen molar-refractivity contribution < 1.29 is 8.83 Å². The van der Waals surface area contributed by atoms with Crippen molar-refractivity contribution in [2.75, 3.05) is 0 Å². The molecule has 6 aromatic heterocycles. The molecule has 0 saturated heterocycles. The highest BCUT2D eigenvalue weighted by atomic mass is 16.4. The third kappa shape index (κ3) is 6.13. The van der Waals surface area contributed by atoms with Crippen molar-refractivity contribution in [1.29, 1.82) is 10.5 Å². The van der Waals surface area contributed by atoms with Crippen LogP contribution in [0.25, 0.3) is 144 Å². The van der Waals surface area contributed by atoms with Crippen LogP contribution in [0.5, 0.6) is 0 Å². The van der Waals surface area contributed by atoms with Crippen molar-refractivity contribution in [2.24, 2.45) is 0 Å². The Balaban J connectivity index is 0.898. The maximum atomic E-state index is 11.1. The molecule has 342 valence electrons. The molecular formula is C66H36N6O2. The van der Waals surface area contributed by atoms with Crippen molar-refractivity contribution in [3.63, 3.8) is 0 Å². The molecule has 0 saturated carbocycles. The second-order valence-electron chi connectivity index (χ2n) is 18.7. The zero-order valence-corrected chi connectivity index (χ0v) is 39.3. The van der Waals surface area contributed by atoms with Gasteiger partial charge in [-0.15, -0.1) is 0 Å². The van der Waals surface area contributed by atoms with E-state index in [4.69, 9.17) is 18.8 Å². The molecule has 0 unspecified atom stereocenters. The SMILES string of the molecule is N#Cc1c2oc3nc(-n4c5ccc(-c6ccccc6)cc5c5cc(-c6ccccc6)ccc54)ccc3c2c(C#N)c2c1oc1nc(-n3c4ccc(-c5ccccc5)cc4c4cc(-c5ccccc5)ccc43)ccc12. The summed E-state index contributed by atoms with van der Waals surface area (Å²) in [5, 5.41) is 28.6. The van der Waals surface area contributed by atoms with E-state index in [0.717, 1.165) is 88.1 Å². The summed E-state index contributed by atoms with van der Waals surface area (Å²) in [6.45, 7) is 0. The molecular weight excluding hydrogens is 909 g/mol. The first-order chi connectivity index (χ1) is 36.6. The standard InChI is InChI=1S/C66H36N6O2/c67-37-53-61-47-25-31-59(71-55-27-21-43(39-13-5-1-6-14-39)33-49(55)50-34-44(22-28-56(50)71)40-15-7-2-8-16-40)69-65(47)73-63(61)54(38-68)64-62(53)48-26-32-60(70-66(48)74-64)72-57-29-23-45(41-17-9-3-10-18-41)35-51(57)52-36-46(24-30-58(52)72)42-19-11-4-12-20-42/h1-36H. The maximum Gasteiger partial charge on any atom is 0.229 e. The molecule has 15 rings (SSSR count). The largest absolute Gasteiger partial charge is 0.436 e. The second kappa shape index (κ2) is 16.0. The molecule has 0 spiro atoms. The highest BCUT2D eigenvalue weighted by molar-refractivity contribution is 6.22. The summed E-state index contributed by atoms with van der Waals surface area (Å²) in [6.07, 6.45) is 0. The van der Waals surface area contributed by atoms with E-state index in [1.165, 1.54) is 0 Å². The van der Waals surface area contributed by atoms with E-state index in [0.29, 0.717) is 50.2 Å². The first-order valence-electron chi connectivity index (χ1n) is 24.4. The maximum absolute atomic E-state index is 11.1. The summed E-state index contributed by atoms with van der Waals surface area (Å²) >= 11 is 0. The molecule has 15 aromatic rings. The molecule has 8 nitrogen and oxygen atoms in total. The number of hydrogen-bond donors (Lipinski definition) is 0. The van der Waals surface area contributed by atoms with Crippen molar-refractivity contribution in [1.82, 2.24) is 19.1 Å². The molecule has 8 heteroatoms. The van der Waals surface area contributed by atoms with Crippen molar-refractivity contribution in [3.05, 3.63) is 230 Å². The van der Waals surface area contributed by atoms with E-state index in [1.54, 1.807) is 0 Å². The quantitative estimate of drug-likeness (QED) is 0.164. The summed E-state index contributed by atoms with van der Waals surface area (Å²) < 4.78 is 17.5. The van der Waals surface area contributed by atoms with Gasteiger partial charge in [0.1, 0.15) is 29.3 Å². The fraction of sp³-hybridized carbons (Fsp3) is 0. The summed E-state index contributed by atoms with van der Waals surface area (Å²) in [4.78, 5) is 10.3. The van der Waals surface area contributed by atoms with Gasteiger partial charge in [0.2, 0.25) is 11.4 Å². The minimum absolute atomic E-state index is 0.172. The molecule has 0 radical (unpaired) electrons. The number of pyridine rings is 2. The number of nitriles is 2. The smallest absolute Gasteiger partial charge is 0.229 e. The van der Waals surface area contributed by atoms with Crippen LogP contribution in [0.3, 0.4) is 0 Å². The number of benzene rings is 9. The molecule has 6 heterocycles. The predicted octanol–water partition coefficient (Wildman–Crippen LogP) is 16.9. The van der Waals surface area contributed by atoms with E-state index in [1.807, 2.05) is 48.5 Å². The fourth-order valence-electron chi connectivity index (χ4n) is 11.3. The molecule has 0 bridgehead atoms. The number of furan rings is 2. The summed E-state index contributed by atoms with van der Waals surface area (Å²) in [7, 11) is 0. The average Bonchev–Trinajstić information content (AvgIpc) is 4.24. The fourth-order valence-corrected chi connectivity index (χ4v) is 11.3. The number of rotatable bonds is 6. The predicted molar refractivity (Wildman–Crippen MR) is 296 cm³/mol. The minimum atomic E-state index is 0.172. The van der Waals surface area contributed by atoms with E-state index in [-0.39, 0.29) is 16.7 Å². The van der Waals surface area contributed by atoms with Gasteiger partial charge in [-0.05, 0) is 117 Å². The molecule has 0 N–H and O–H groups in total. The molecule has 0 amide bonds. The summed E-state index contributed by atoms with van der Waals surface area (Å²) in [6, 6.07) is 80.4. The first-order valence-corrected chi connectivity index (χ1v) is 24.4. The zero-order chi connectivity index (χ0) is 49.0. The van der Waals surface area contributed by atoms with Gasteiger partial charge in [-0.1, -0.05) is 146 Å². The lowest BCUT2D eigenvalue weighted by atomic mass is 9.98. The van der Waals surface area contributed by atoms with E-state index < -0.39 is 0 Å². The molecule has 74 heavy (non-hydrogen) atoms. The monoisotopic (exact) mass is 944 g/mol. The van der Waals surface area contributed by atoms with Gasteiger partial charge in [-0.3, -0.25) is 9.13 Å². The number of fused-ring (bicyclic) bond motifs is 12. The first kappa shape index (κ1) is 41.3. The topological polar surface area (TPSA) is 110 Å². The number of nitrogens with zero attached hydrogens (tertiary/aromatic N) is 6. The molecule has 0 fully saturated rings. The van der Waals surface area contributed by atoms with Crippen LogP contribution < -0.4 is 0 Å². The molecule has 0 aliphatic rings. The van der Waals surface area contributed by atoms with Crippen LogP contribution in [-0.4, -0.2) is 19.1 Å². The van der Waals surface area contributed by atoms with Gasteiger partial charge >= 0.3 is 0 Å². The Hall–Kier alpha value is -10.5. The molecule has 0 aliphatic heterocycles. The lowest BCUT2D eigenvalue weighted by molar-refractivity contribution is 0.639.